The molecule has 0 amide bonds. The number of esters is 1. The summed E-state index contributed by atoms with van der Waals surface area (Å²) in [5.74, 6) is 0.0872. The Kier molecular flexibility index (Phi) is 8.14. The molecule has 0 aliphatic heterocycles. The van der Waals surface area contributed by atoms with Crippen LogP contribution in [0.3, 0.4) is 0 Å². The van der Waals surface area contributed by atoms with E-state index in [9.17, 15) is 9.90 Å². The molecule has 0 heterocycles. The fraction of sp³-hybridized carbons (Fsp3) is 0.269. The molecule has 0 bridgehead atoms. The molecule has 32 heavy (non-hydrogen) atoms. The van der Waals surface area contributed by atoms with Gasteiger partial charge in [0.1, 0.15) is 5.75 Å². The van der Waals surface area contributed by atoms with Crippen molar-refractivity contribution in [2.24, 2.45) is 0 Å². The van der Waals surface area contributed by atoms with E-state index < -0.39 is 18.1 Å². The van der Waals surface area contributed by atoms with Crippen molar-refractivity contribution < 1.29 is 19.4 Å². The number of carbonyl (C=O) groups is 1. The lowest BCUT2D eigenvalue weighted by Gasteiger charge is -2.36. The first-order valence-electron chi connectivity index (χ1n) is 10.5. The number of ether oxygens (including phenoxy) is 2. The van der Waals surface area contributed by atoms with Crippen LogP contribution in [0.15, 0.2) is 72.8 Å². The van der Waals surface area contributed by atoms with Crippen LogP contribution in [-0.2, 0) is 16.1 Å². The molecule has 0 spiro atoms. The lowest BCUT2D eigenvalue weighted by Crippen LogP contribution is -2.41. The monoisotopic (exact) mass is 453 g/mol. The van der Waals surface area contributed by atoms with E-state index in [0.29, 0.717) is 11.6 Å². The van der Waals surface area contributed by atoms with Crippen molar-refractivity contribution in [2.45, 2.75) is 32.5 Å². The van der Waals surface area contributed by atoms with Gasteiger partial charge in [0.25, 0.3) is 0 Å². The number of carbonyl (C=O) groups excluding carboxylic acids is 1. The number of methoxy groups -OCH3 is 1. The van der Waals surface area contributed by atoms with Crippen LogP contribution in [0.25, 0.3) is 0 Å². The normalized spacial score (nSPS) is 12.7. The second kappa shape index (κ2) is 11.0. The molecule has 0 saturated heterocycles. The van der Waals surface area contributed by atoms with Crippen molar-refractivity contribution in [2.75, 3.05) is 18.6 Å². The third kappa shape index (κ3) is 5.61. The van der Waals surface area contributed by atoms with Crippen molar-refractivity contribution in [3.63, 3.8) is 0 Å². The molecule has 0 aliphatic rings. The molecule has 3 aromatic carbocycles. The molecular formula is C26H28ClNO4. The lowest BCUT2D eigenvalue weighted by atomic mass is 9.97. The van der Waals surface area contributed by atoms with Gasteiger partial charge in [-0.05, 0) is 54.8 Å². The standard InChI is InChI=1S/C26H28ClNO4/c1-4-32-26(30)25(29)24(20-8-6-5-7-9-20)28(21-13-10-18(2)23(27)16-21)17-19-11-14-22(31-3)15-12-19/h5-16,24-25,29H,4,17H2,1-3H3/t24-,25-/m0/s1. The summed E-state index contributed by atoms with van der Waals surface area (Å²) >= 11 is 6.45. The number of aliphatic hydroxyl groups excluding tert-OH is 1. The molecule has 168 valence electrons. The summed E-state index contributed by atoms with van der Waals surface area (Å²) < 4.78 is 10.4. The zero-order valence-corrected chi connectivity index (χ0v) is 19.3. The van der Waals surface area contributed by atoms with Gasteiger partial charge in [0, 0.05) is 17.3 Å². The van der Waals surface area contributed by atoms with Crippen molar-refractivity contribution in [1.82, 2.24) is 0 Å². The fourth-order valence-electron chi connectivity index (χ4n) is 3.58. The Bertz CT molecular complexity index is 1020. The molecule has 2 atom stereocenters. The van der Waals surface area contributed by atoms with Crippen molar-refractivity contribution >= 4 is 23.3 Å². The van der Waals surface area contributed by atoms with Crippen molar-refractivity contribution in [1.29, 1.82) is 0 Å². The van der Waals surface area contributed by atoms with Crippen LogP contribution in [0, 0.1) is 6.92 Å². The number of nitrogens with zero attached hydrogens (tertiary/aromatic N) is 1. The Morgan fingerprint density at radius 3 is 2.34 bits per heavy atom. The number of halogens is 1. The van der Waals surface area contributed by atoms with E-state index in [1.807, 2.05) is 84.6 Å². The Morgan fingerprint density at radius 2 is 1.75 bits per heavy atom. The summed E-state index contributed by atoms with van der Waals surface area (Å²) in [6.45, 7) is 4.27. The van der Waals surface area contributed by atoms with Crippen molar-refractivity contribution in [3.8, 4) is 5.75 Å². The molecule has 1 N–H and O–H groups in total. The molecule has 3 aromatic rings. The molecule has 0 radical (unpaired) electrons. The largest absolute Gasteiger partial charge is 0.497 e. The first-order valence-corrected chi connectivity index (χ1v) is 10.9. The summed E-state index contributed by atoms with van der Waals surface area (Å²) in [7, 11) is 1.62. The van der Waals surface area contributed by atoms with Crippen LogP contribution in [0.1, 0.15) is 29.7 Å². The van der Waals surface area contributed by atoms with Gasteiger partial charge in [0.15, 0.2) is 6.10 Å². The minimum Gasteiger partial charge on any atom is -0.497 e. The van der Waals surface area contributed by atoms with Gasteiger partial charge < -0.3 is 19.5 Å². The molecule has 0 unspecified atom stereocenters. The van der Waals surface area contributed by atoms with Gasteiger partial charge in [-0.15, -0.1) is 0 Å². The molecule has 0 aliphatic carbocycles. The third-order valence-corrected chi connectivity index (χ3v) is 5.71. The number of hydrogen-bond donors (Lipinski definition) is 1. The summed E-state index contributed by atoms with van der Waals surface area (Å²) in [5, 5.41) is 11.7. The smallest absolute Gasteiger partial charge is 0.337 e. The molecular weight excluding hydrogens is 426 g/mol. The average molecular weight is 454 g/mol. The Hall–Kier alpha value is -3.02. The number of hydrogen-bond acceptors (Lipinski definition) is 5. The van der Waals surface area contributed by atoms with Gasteiger partial charge in [0.2, 0.25) is 0 Å². The minimum absolute atomic E-state index is 0.187. The molecule has 0 saturated carbocycles. The highest BCUT2D eigenvalue weighted by molar-refractivity contribution is 6.31. The zero-order valence-electron chi connectivity index (χ0n) is 18.5. The van der Waals surface area contributed by atoms with E-state index >= 15 is 0 Å². The number of aryl methyl sites for hydroxylation is 1. The van der Waals surface area contributed by atoms with Gasteiger partial charge in [-0.3, -0.25) is 0 Å². The fourth-order valence-corrected chi connectivity index (χ4v) is 3.75. The highest BCUT2D eigenvalue weighted by atomic mass is 35.5. The summed E-state index contributed by atoms with van der Waals surface area (Å²) in [5.41, 5.74) is 3.51. The van der Waals surface area contributed by atoms with Gasteiger partial charge in [-0.1, -0.05) is 60.1 Å². The summed E-state index contributed by atoms with van der Waals surface area (Å²) in [6.07, 6.45) is -1.39. The number of rotatable bonds is 9. The molecule has 3 rings (SSSR count). The van der Waals surface area contributed by atoms with Crippen LogP contribution < -0.4 is 9.64 Å². The Morgan fingerprint density at radius 1 is 1.06 bits per heavy atom. The van der Waals surface area contributed by atoms with Gasteiger partial charge in [-0.25, -0.2) is 4.79 Å². The van der Waals surface area contributed by atoms with Crippen LogP contribution in [0.2, 0.25) is 5.02 Å². The lowest BCUT2D eigenvalue weighted by molar-refractivity contribution is -0.154. The van der Waals surface area contributed by atoms with E-state index in [0.717, 1.165) is 28.1 Å². The van der Waals surface area contributed by atoms with Crippen LogP contribution in [-0.4, -0.2) is 30.9 Å². The zero-order chi connectivity index (χ0) is 23.1. The minimum atomic E-state index is -1.39. The van der Waals surface area contributed by atoms with E-state index in [1.165, 1.54) is 0 Å². The Labute approximate surface area is 194 Å². The maximum Gasteiger partial charge on any atom is 0.337 e. The van der Waals surface area contributed by atoms with Crippen molar-refractivity contribution in [3.05, 3.63) is 94.5 Å². The maximum atomic E-state index is 12.6. The van der Waals surface area contributed by atoms with E-state index in [-0.39, 0.29) is 6.61 Å². The van der Waals surface area contributed by atoms with E-state index in [1.54, 1.807) is 14.0 Å². The SMILES string of the molecule is CCOC(=O)[C@@H](O)[C@H](c1ccccc1)N(Cc1ccc(OC)cc1)c1ccc(C)c(Cl)c1. The van der Waals surface area contributed by atoms with E-state index in [2.05, 4.69) is 0 Å². The van der Waals surface area contributed by atoms with Gasteiger partial charge in [-0.2, -0.15) is 0 Å². The van der Waals surface area contributed by atoms with Crippen LogP contribution in [0.5, 0.6) is 5.75 Å². The van der Waals surface area contributed by atoms with Crippen LogP contribution >= 0.6 is 11.6 Å². The topological polar surface area (TPSA) is 59.0 Å². The second-order valence-electron chi connectivity index (χ2n) is 7.46. The van der Waals surface area contributed by atoms with Gasteiger partial charge in [0.05, 0.1) is 19.8 Å². The second-order valence-corrected chi connectivity index (χ2v) is 7.87. The predicted molar refractivity (Wildman–Crippen MR) is 127 cm³/mol. The number of benzene rings is 3. The first kappa shape index (κ1) is 23.6. The third-order valence-electron chi connectivity index (χ3n) is 5.30. The van der Waals surface area contributed by atoms with E-state index in [4.69, 9.17) is 21.1 Å². The number of aliphatic hydroxyl groups is 1. The highest BCUT2D eigenvalue weighted by Gasteiger charge is 2.34. The maximum absolute atomic E-state index is 12.6. The highest BCUT2D eigenvalue weighted by Crippen LogP contribution is 2.34. The molecule has 5 nitrogen and oxygen atoms in total. The summed E-state index contributed by atoms with van der Waals surface area (Å²) in [6, 6.07) is 22.2. The molecule has 0 fully saturated rings. The summed E-state index contributed by atoms with van der Waals surface area (Å²) in [4.78, 5) is 14.6. The van der Waals surface area contributed by atoms with Crippen LogP contribution in [0.4, 0.5) is 5.69 Å². The van der Waals surface area contributed by atoms with Gasteiger partial charge >= 0.3 is 5.97 Å². The average Bonchev–Trinajstić information content (AvgIpc) is 2.81. The Balaban J connectivity index is 2.10. The molecule has 0 aromatic heterocycles. The quantitative estimate of drug-likeness (QED) is 0.444. The predicted octanol–water partition coefficient (Wildman–Crippen LogP) is 5.33. The first-order chi connectivity index (χ1) is 15.4. The molecule has 6 heteroatoms. The number of anilines is 1.